The third-order valence-corrected chi connectivity index (χ3v) is 5.78. The second kappa shape index (κ2) is 9.93. The average Bonchev–Trinajstić information content (AvgIpc) is 3.39. The van der Waals surface area contributed by atoms with E-state index in [9.17, 15) is 0 Å². The quantitative estimate of drug-likeness (QED) is 0.535. The summed E-state index contributed by atoms with van der Waals surface area (Å²) in [6, 6.07) is 11.0. The Balaban J connectivity index is 1.32. The van der Waals surface area contributed by atoms with E-state index in [1.165, 1.54) is 12.1 Å². The maximum atomic E-state index is 5.16. The zero-order valence-corrected chi connectivity index (χ0v) is 18.0. The van der Waals surface area contributed by atoms with Crippen LogP contribution in [-0.2, 0) is 24.3 Å². The molecule has 2 aliphatic rings. The fourth-order valence-electron chi connectivity index (χ4n) is 4.26. The predicted octanol–water partition coefficient (Wildman–Crippen LogP) is 1.82. The average molecular weight is 412 g/mol. The second-order valence-corrected chi connectivity index (χ2v) is 8.10. The van der Waals surface area contributed by atoms with Crippen LogP contribution in [0.4, 0.5) is 5.69 Å². The summed E-state index contributed by atoms with van der Waals surface area (Å²) in [7, 11) is 1.67. The van der Waals surface area contributed by atoms with E-state index in [-0.39, 0.29) is 0 Å². The Bertz CT molecular complexity index is 835. The first-order valence-electron chi connectivity index (χ1n) is 11.0. The van der Waals surface area contributed by atoms with Gasteiger partial charge in [0.05, 0.1) is 6.54 Å². The van der Waals surface area contributed by atoms with Crippen LogP contribution in [0.15, 0.2) is 35.3 Å². The summed E-state index contributed by atoms with van der Waals surface area (Å²) in [4.78, 5) is 11.9. The van der Waals surface area contributed by atoms with Gasteiger partial charge in [0, 0.05) is 51.4 Å². The minimum absolute atomic E-state index is 0.303. The van der Waals surface area contributed by atoms with Crippen LogP contribution in [0, 0.1) is 5.92 Å². The lowest BCUT2D eigenvalue weighted by atomic mass is 10.1. The molecule has 0 amide bonds. The van der Waals surface area contributed by atoms with Crippen molar-refractivity contribution in [2.75, 3.05) is 38.2 Å². The van der Waals surface area contributed by atoms with Crippen LogP contribution < -0.4 is 15.5 Å². The fourth-order valence-corrected chi connectivity index (χ4v) is 4.26. The monoisotopic (exact) mass is 411 g/mol. The topological polar surface area (TPSA) is 79.6 Å². The molecule has 0 bridgehead atoms. The lowest BCUT2D eigenvalue weighted by molar-refractivity contribution is 0.177. The number of rotatable bonds is 7. The molecule has 3 heterocycles. The van der Waals surface area contributed by atoms with Crippen LogP contribution in [0.5, 0.6) is 0 Å². The van der Waals surface area contributed by atoms with Crippen molar-refractivity contribution in [1.82, 2.24) is 25.4 Å². The number of guanidine groups is 1. The highest BCUT2D eigenvalue weighted by molar-refractivity contribution is 5.80. The van der Waals surface area contributed by atoms with E-state index in [0.29, 0.717) is 18.6 Å². The highest BCUT2D eigenvalue weighted by Crippen LogP contribution is 2.23. The number of anilines is 1. The minimum Gasteiger partial charge on any atom is -0.377 e. The lowest BCUT2D eigenvalue weighted by Gasteiger charge is -2.25. The molecule has 0 aliphatic carbocycles. The van der Waals surface area contributed by atoms with Crippen molar-refractivity contribution < 1.29 is 4.74 Å². The summed E-state index contributed by atoms with van der Waals surface area (Å²) >= 11 is 0. The summed E-state index contributed by atoms with van der Waals surface area (Å²) in [6.45, 7) is 7.25. The minimum atomic E-state index is 0.303. The number of aromatic nitrogens is 3. The van der Waals surface area contributed by atoms with Crippen molar-refractivity contribution >= 4 is 11.6 Å². The number of aliphatic imine (C=N–C) groups is 1. The van der Waals surface area contributed by atoms with Crippen molar-refractivity contribution in [3.8, 4) is 0 Å². The van der Waals surface area contributed by atoms with Crippen molar-refractivity contribution in [3.63, 3.8) is 0 Å². The van der Waals surface area contributed by atoms with E-state index < -0.39 is 0 Å². The van der Waals surface area contributed by atoms with Crippen molar-refractivity contribution in [2.24, 2.45) is 10.9 Å². The number of fused-ring (bicyclic) bond motifs is 1. The van der Waals surface area contributed by atoms with Gasteiger partial charge < -0.3 is 20.3 Å². The van der Waals surface area contributed by atoms with Crippen LogP contribution in [-0.4, -0.2) is 60.1 Å². The van der Waals surface area contributed by atoms with Gasteiger partial charge in [-0.25, -0.2) is 9.67 Å². The van der Waals surface area contributed by atoms with Crippen molar-refractivity contribution in [2.45, 2.75) is 45.4 Å². The number of nitrogens with one attached hydrogen (secondary N) is 2. The predicted molar refractivity (Wildman–Crippen MR) is 119 cm³/mol. The molecule has 2 N–H and O–H groups in total. The Labute approximate surface area is 178 Å². The highest BCUT2D eigenvalue weighted by atomic mass is 16.5. The molecule has 2 aromatic rings. The first-order chi connectivity index (χ1) is 14.7. The fraction of sp³-hybridized carbons (Fsp3) is 0.591. The van der Waals surface area contributed by atoms with Crippen LogP contribution in [0.3, 0.4) is 0 Å². The summed E-state index contributed by atoms with van der Waals surface area (Å²) < 4.78 is 7.17. The molecule has 0 saturated carbocycles. The zero-order chi connectivity index (χ0) is 20.8. The van der Waals surface area contributed by atoms with Crippen LogP contribution in [0.2, 0.25) is 0 Å². The molecule has 1 aromatic heterocycles. The van der Waals surface area contributed by atoms with Crippen LogP contribution in [0.25, 0.3) is 0 Å². The van der Waals surface area contributed by atoms with Gasteiger partial charge in [-0.05, 0) is 37.8 Å². The molecular formula is C22H33N7O. The first kappa shape index (κ1) is 20.7. The van der Waals surface area contributed by atoms with E-state index in [1.807, 2.05) is 4.68 Å². The second-order valence-electron chi connectivity index (χ2n) is 8.10. The number of nitrogens with zero attached hydrogens (tertiary/aromatic N) is 5. The molecule has 8 nitrogen and oxygen atoms in total. The van der Waals surface area contributed by atoms with Gasteiger partial charge in [0.25, 0.3) is 0 Å². The zero-order valence-electron chi connectivity index (χ0n) is 18.0. The summed E-state index contributed by atoms with van der Waals surface area (Å²) in [5, 5.41) is 11.6. The molecular weight excluding hydrogens is 378 g/mol. The van der Waals surface area contributed by atoms with Gasteiger partial charge in [0.1, 0.15) is 12.4 Å². The van der Waals surface area contributed by atoms with Crippen LogP contribution in [0.1, 0.15) is 31.4 Å². The Morgan fingerprint density at radius 1 is 1.23 bits per heavy atom. The standard InChI is InChI=1S/C22H33N7O/c1-3-23-22(24-13-17-11-12-28(14-17)19-7-5-4-6-8-19)25-18-9-10-21-26-20(16-30-2)27-29(21)15-18/h4-8,17-18H,3,9-16H2,1-2H3,(H2,23,24,25). The molecule has 1 aromatic carbocycles. The van der Waals surface area contributed by atoms with Gasteiger partial charge in [0.2, 0.25) is 0 Å². The SMILES string of the molecule is CCNC(=NCC1CCN(c2ccccc2)C1)NC1CCc2nc(COC)nn2C1. The first-order valence-corrected chi connectivity index (χ1v) is 11.0. The van der Waals surface area contributed by atoms with Crippen molar-refractivity contribution in [1.29, 1.82) is 0 Å². The normalized spacial score (nSPS) is 21.5. The number of benzene rings is 1. The van der Waals surface area contributed by atoms with E-state index in [2.05, 4.69) is 62.9 Å². The largest absolute Gasteiger partial charge is 0.377 e. The Morgan fingerprint density at radius 2 is 2.10 bits per heavy atom. The Morgan fingerprint density at radius 3 is 2.90 bits per heavy atom. The van der Waals surface area contributed by atoms with E-state index >= 15 is 0 Å². The van der Waals surface area contributed by atoms with Gasteiger partial charge in [-0.2, -0.15) is 5.10 Å². The van der Waals surface area contributed by atoms with Gasteiger partial charge in [-0.15, -0.1) is 0 Å². The number of hydrogen-bond donors (Lipinski definition) is 2. The van der Waals surface area contributed by atoms with E-state index in [1.54, 1.807) is 7.11 Å². The summed E-state index contributed by atoms with van der Waals surface area (Å²) in [6.07, 6.45) is 3.13. The molecule has 2 unspecified atom stereocenters. The van der Waals surface area contributed by atoms with Gasteiger partial charge >= 0.3 is 0 Å². The number of para-hydroxylation sites is 1. The number of hydrogen-bond acceptors (Lipinski definition) is 5. The number of aryl methyl sites for hydroxylation is 1. The third kappa shape index (κ3) is 5.11. The van der Waals surface area contributed by atoms with Crippen molar-refractivity contribution in [3.05, 3.63) is 42.0 Å². The highest BCUT2D eigenvalue weighted by Gasteiger charge is 2.24. The van der Waals surface area contributed by atoms with E-state index in [4.69, 9.17) is 9.73 Å². The van der Waals surface area contributed by atoms with Crippen LogP contribution >= 0.6 is 0 Å². The molecule has 0 spiro atoms. The Hall–Kier alpha value is -2.61. The smallest absolute Gasteiger partial charge is 0.191 e. The molecule has 1 saturated heterocycles. The van der Waals surface area contributed by atoms with Gasteiger partial charge in [-0.3, -0.25) is 4.99 Å². The number of methoxy groups -OCH3 is 1. The third-order valence-electron chi connectivity index (χ3n) is 5.78. The molecule has 30 heavy (non-hydrogen) atoms. The lowest BCUT2D eigenvalue weighted by Crippen LogP contribution is -2.47. The molecule has 4 rings (SSSR count). The molecule has 162 valence electrons. The molecule has 1 fully saturated rings. The Kier molecular flexibility index (Phi) is 6.84. The van der Waals surface area contributed by atoms with Gasteiger partial charge in [0.15, 0.2) is 11.8 Å². The molecule has 8 heteroatoms. The maximum absolute atomic E-state index is 5.16. The van der Waals surface area contributed by atoms with Gasteiger partial charge in [-0.1, -0.05) is 18.2 Å². The number of ether oxygens (including phenoxy) is 1. The summed E-state index contributed by atoms with van der Waals surface area (Å²) in [5.74, 6) is 3.30. The van der Waals surface area contributed by atoms with E-state index in [0.717, 1.165) is 63.2 Å². The summed E-state index contributed by atoms with van der Waals surface area (Å²) in [5.41, 5.74) is 1.31. The molecule has 0 radical (unpaired) electrons. The maximum Gasteiger partial charge on any atom is 0.191 e. The molecule has 2 atom stereocenters. The molecule has 2 aliphatic heterocycles.